The maximum Gasteiger partial charge on any atom is 0.384 e. The zero-order valence-electron chi connectivity index (χ0n) is 8.97. The molecule has 17 heavy (non-hydrogen) atoms. The number of nitro groups is 1. The third-order valence-corrected chi connectivity index (χ3v) is 1.77. The predicted molar refractivity (Wildman–Crippen MR) is 58.3 cm³/mol. The van der Waals surface area contributed by atoms with E-state index in [-0.39, 0.29) is 23.6 Å². The summed E-state index contributed by atoms with van der Waals surface area (Å²) in [6, 6.07) is 3.37. The van der Waals surface area contributed by atoms with E-state index in [0.717, 1.165) is 18.2 Å². The van der Waals surface area contributed by atoms with Crippen molar-refractivity contribution >= 4 is 11.7 Å². The highest BCUT2D eigenvalue weighted by Crippen LogP contribution is 2.21. The molecule has 0 bridgehead atoms. The highest BCUT2D eigenvalue weighted by atomic mass is 16.6. The first-order chi connectivity index (χ1) is 8.04. The average molecular weight is 235 g/mol. The number of nitro benzene ring substituents is 1. The number of rotatable bonds is 2. The van der Waals surface area contributed by atoms with Gasteiger partial charge in [0.2, 0.25) is 0 Å². The molecule has 0 spiro atoms. The van der Waals surface area contributed by atoms with Crippen LogP contribution in [-0.4, -0.2) is 22.6 Å². The minimum atomic E-state index is -0.751. The summed E-state index contributed by atoms with van der Waals surface area (Å²) >= 11 is 0. The van der Waals surface area contributed by atoms with Gasteiger partial charge in [0.25, 0.3) is 5.69 Å². The first-order valence-corrected chi connectivity index (χ1v) is 4.70. The highest BCUT2D eigenvalue weighted by Gasteiger charge is 2.08. The Balaban J connectivity index is 3.01. The third-order valence-electron chi connectivity index (χ3n) is 1.77. The van der Waals surface area contributed by atoms with Crippen LogP contribution in [0.15, 0.2) is 18.2 Å². The fraction of sp³-hybridized carbons (Fsp3) is 0.182. The first kappa shape index (κ1) is 12.5. The Bertz CT molecular complexity index is 512. The summed E-state index contributed by atoms with van der Waals surface area (Å²) in [5.41, 5.74) is -0.205. The monoisotopic (exact) mass is 235 g/mol. The number of non-ortho nitro benzene ring substituents is 1. The van der Waals surface area contributed by atoms with Crippen molar-refractivity contribution in [3.8, 4) is 17.6 Å². The zero-order chi connectivity index (χ0) is 12.8. The van der Waals surface area contributed by atoms with Crippen molar-refractivity contribution in [2.45, 2.75) is 6.92 Å². The minimum Gasteiger partial charge on any atom is -0.507 e. The number of aromatic hydroxyl groups is 1. The Labute approximate surface area is 97.0 Å². The molecular formula is C11H9NO5. The fourth-order valence-corrected chi connectivity index (χ4v) is 1.02. The van der Waals surface area contributed by atoms with Gasteiger partial charge in [-0.2, -0.15) is 0 Å². The fourth-order valence-electron chi connectivity index (χ4n) is 1.02. The van der Waals surface area contributed by atoms with E-state index in [2.05, 4.69) is 16.6 Å². The van der Waals surface area contributed by atoms with Crippen molar-refractivity contribution in [2.24, 2.45) is 0 Å². The lowest BCUT2D eigenvalue weighted by molar-refractivity contribution is -0.384. The van der Waals surface area contributed by atoms with E-state index in [4.69, 9.17) is 0 Å². The Morgan fingerprint density at radius 1 is 1.59 bits per heavy atom. The number of esters is 1. The van der Waals surface area contributed by atoms with Crippen LogP contribution in [0.5, 0.6) is 5.75 Å². The smallest absolute Gasteiger partial charge is 0.384 e. The molecule has 6 heteroatoms. The van der Waals surface area contributed by atoms with Gasteiger partial charge in [-0.15, -0.1) is 0 Å². The van der Waals surface area contributed by atoms with Gasteiger partial charge in [0, 0.05) is 18.1 Å². The second kappa shape index (κ2) is 5.51. The number of phenols is 1. The van der Waals surface area contributed by atoms with E-state index in [1.165, 1.54) is 0 Å². The SMILES string of the molecule is CCOC(=O)C#Cc1cc([N+](=O)[O-])ccc1O. The van der Waals surface area contributed by atoms with Gasteiger partial charge >= 0.3 is 5.97 Å². The molecule has 1 aromatic carbocycles. The predicted octanol–water partition coefficient (Wildman–Crippen LogP) is 1.22. The summed E-state index contributed by atoms with van der Waals surface area (Å²) in [5, 5.41) is 19.9. The number of carbonyl (C=O) groups excluding carboxylic acids is 1. The van der Waals surface area contributed by atoms with Crippen LogP contribution in [-0.2, 0) is 9.53 Å². The van der Waals surface area contributed by atoms with Gasteiger partial charge in [-0.1, -0.05) is 5.92 Å². The zero-order valence-corrected chi connectivity index (χ0v) is 8.97. The molecule has 6 nitrogen and oxygen atoms in total. The van der Waals surface area contributed by atoms with Crippen LogP contribution in [0, 0.1) is 22.0 Å². The average Bonchev–Trinajstić information content (AvgIpc) is 2.28. The Hall–Kier alpha value is -2.55. The molecule has 88 valence electrons. The topological polar surface area (TPSA) is 89.7 Å². The van der Waals surface area contributed by atoms with E-state index in [1.807, 2.05) is 0 Å². The summed E-state index contributed by atoms with van der Waals surface area (Å²) in [4.78, 5) is 20.8. The Kier molecular flexibility index (Phi) is 4.06. The number of hydrogen-bond donors (Lipinski definition) is 1. The Morgan fingerprint density at radius 2 is 2.29 bits per heavy atom. The molecule has 0 unspecified atom stereocenters. The Morgan fingerprint density at radius 3 is 2.88 bits per heavy atom. The van der Waals surface area contributed by atoms with Crippen LogP contribution in [0.4, 0.5) is 5.69 Å². The molecule has 0 aliphatic rings. The van der Waals surface area contributed by atoms with E-state index in [1.54, 1.807) is 6.92 Å². The number of hydrogen-bond acceptors (Lipinski definition) is 5. The summed E-state index contributed by atoms with van der Waals surface area (Å²) < 4.78 is 4.55. The molecule has 1 rings (SSSR count). The number of nitrogens with zero attached hydrogens (tertiary/aromatic N) is 1. The van der Waals surface area contributed by atoms with Gasteiger partial charge in [0.15, 0.2) is 0 Å². The van der Waals surface area contributed by atoms with Crippen LogP contribution in [0.1, 0.15) is 12.5 Å². The summed E-state index contributed by atoms with van der Waals surface area (Å²) in [6.45, 7) is 1.82. The van der Waals surface area contributed by atoms with Gasteiger partial charge in [-0.3, -0.25) is 10.1 Å². The molecule has 0 heterocycles. The molecule has 0 fully saturated rings. The van der Waals surface area contributed by atoms with E-state index >= 15 is 0 Å². The second-order valence-corrected chi connectivity index (χ2v) is 2.93. The van der Waals surface area contributed by atoms with Crippen molar-refractivity contribution in [3.05, 3.63) is 33.9 Å². The molecule has 0 aliphatic carbocycles. The minimum absolute atomic E-state index is 0.00672. The lowest BCUT2D eigenvalue weighted by Crippen LogP contribution is -1.99. The van der Waals surface area contributed by atoms with Crippen LogP contribution >= 0.6 is 0 Å². The van der Waals surface area contributed by atoms with Gasteiger partial charge < -0.3 is 9.84 Å². The lowest BCUT2D eigenvalue weighted by Gasteiger charge is -1.96. The van der Waals surface area contributed by atoms with Crippen LogP contribution in [0.3, 0.4) is 0 Å². The largest absolute Gasteiger partial charge is 0.507 e. The molecule has 0 saturated heterocycles. The molecule has 0 aliphatic heterocycles. The summed E-state index contributed by atoms with van der Waals surface area (Å²) in [7, 11) is 0. The van der Waals surface area contributed by atoms with Crippen molar-refractivity contribution in [1.29, 1.82) is 0 Å². The highest BCUT2D eigenvalue weighted by molar-refractivity contribution is 5.89. The van der Waals surface area contributed by atoms with Gasteiger partial charge in [-0.05, 0) is 13.0 Å². The molecular weight excluding hydrogens is 226 g/mol. The van der Waals surface area contributed by atoms with E-state index < -0.39 is 10.9 Å². The molecule has 0 saturated carbocycles. The second-order valence-electron chi connectivity index (χ2n) is 2.93. The van der Waals surface area contributed by atoms with Crippen molar-refractivity contribution in [3.63, 3.8) is 0 Å². The van der Waals surface area contributed by atoms with Gasteiger partial charge in [0.05, 0.1) is 17.1 Å². The quantitative estimate of drug-likeness (QED) is 0.360. The lowest BCUT2D eigenvalue weighted by atomic mass is 10.2. The number of carbonyl (C=O) groups is 1. The first-order valence-electron chi connectivity index (χ1n) is 4.70. The van der Waals surface area contributed by atoms with Crippen molar-refractivity contribution < 1.29 is 19.6 Å². The van der Waals surface area contributed by atoms with E-state index in [9.17, 15) is 20.0 Å². The summed E-state index contributed by atoms with van der Waals surface area (Å²) in [5.74, 6) is 3.45. The molecule has 1 aromatic rings. The van der Waals surface area contributed by atoms with Gasteiger partial charge in [0.1, 0.15) is 5.75 Å². The molecule has 0 atom stereocenters. The summed E-state index contributed by atoms with van der Waals surface area (Å²) in [6.07, 6.45) is 0. The van der Waals surface area contributed by atoms with Crippen molar-refractivity contribution in [1.82, 2.24) is 0 Å². The van der Waals surface area contributed by atoms with Crippen LogP contribution < -0.4 is 0 Å². The molecule has 0 radical (unpaired) electrons. The number of ether oxygens (including phenoxy) is 1. The molecule has 0 amide bonds. The van der Waals surface area contributed by atoms with Crippen LogP contribution in [0.2, 0.25) is 0 Å². The molecule has 1 N–H and O–H groups in total. The maximum atomic E-state index is 10.9. The van der Waals surface area contributed by atoms with Gasteiger partial charge in [-0.25, -0.2) is 4.79 Å². The number of phenolic OH excluding ortho intramolecular Hbond substituents is 1. The standard InChI is InChI=1S/C11H9NO5/c1-2-17-11(14)6-3-8-7-9(12(15)16)4-5-10(8)13/h4-5,7,13H,2H2,1H3. The van der Waals surface area contributed by atoms with E-state index in [0.29, 0.717) is 0 Å². The maximum absolute atomic E-state index is 10.9. The number of benzene rings is 1. The molecule has 0 aromatic heterocycles. The normalized spacial score (nSPS) is 9.00. The van der Waals surface area contributed by atoms with Crippen LogP contribution in [0.25, 0.3) is 0 Å². The van der Waals surface area contributed by atoms with Crippen molar-refractivity contribution in [2.75, 3.05) is 6.61 Å². The third kappa shape index (κ3) is 3.50.